The van der Waals surface area contributed by atoms with Crippen molar-refractivity contribution in [2.45, 2.75) is 43.9 Å². The molecule has 6 nitrogen and oxygen atoms in total. The van der Waals surface area contributed by atoms with Crippen molar-refractivity contribution in [3.05, 3.63) is 24.0 Å². The lowest BCUT2D eigenvalue weighted by Crippen LogP contribution is -2.68. The molecule has 0 radical (unpaired) electrons. The monoisotopic (exact) mass is 334 g/mol. The Kier molecular flexibility index (Phi) is 3.58. The molecule has 0 unspecified atom stereocenters. The molecule has 2 atom stereocenters. The van der Waals surface area contributed by atoms with Crippen molar-refractivity contribution in [1.82, 2.24) is 0 Å². The zero-order valence-corrected chi connectivity index (χ0v) is 13.4. The molecule has 2 fully saturated rings. The summed E-state index contributed by atoms with van der Waals surface area (Å²) in [6.45, 7) is 2.56. The maximum atomic E-state index is 13.6. The molecule has 2 amide bonds. The van der Waals surface area contributed by atoms with E-state index in [9.17, 15) is 14.0 Å². The molecule has 1 aromatic rings. The second kappa shape index (κ2) is 5.53. The van der Waals surface area contributed by atoms with Crippen LogP contribution in [-0.2, 0) is 19.1 Å². The molecule has 3 aliphatic rings. The third kappa shape index (κ3) is 2.15. The molecule has 2 aliphatic heterocycles. The maximum absolute atomic E-state index is 13.6. The van der Waals surface area contributed by atoms with E-state index in [0.717, 1.165) is 6.42 Å². The first-order chi connectivity index (χ1) is 11.5. The molecule has 1 aromatic carbocycles. The Balaban J connectivity index is 1.78. The SMILES string of the molecule is C[C@@H]1OCCO[C@@H]1C(=O)N1c2ccc(F)cc2NC(=O)C12CCC2. The van der Waals surface area contributed by atoms with E-state index in [1.54, 1.807) is 6.92 Å². The zero-order valence-electron chi connectivity index (χ0n) is 13.4. The molecule has 1 saturated carbocycles. The second-order valence-electron chi connectivity index (χ2n) is 6.54. The van der Waals surface area contributed by atoms with Crippen LogP contribution in [0.1, 0.15) is 26.2 Å². The van der Waals surface area contributed by atoms with Gasteiger partial charge in [-0.2, -0.15) is 0 Å². The highest BCUT2D eigenvalue weighted by Gasteiger charge is 2.56. The molecule has 1 N–H and O–H groups in total. The van der Waals surface area contributed by atoms with E-state index >= 15 is 0 Å². The van der Waals surface area contributed by atoms with E-state index in [-0.39, 0.29) is 11.8 Å². The predicted octanol–water partition coefficient (Wildman–Crippen LogP) is 1.84. The smallest absolute Gasteiger partial charge is 0.259 e. The number of ether oxygens (including phenoxy) is 2. The quantitative estimate of drug-likeness (QED) is 0.851. The molecule has 1 saturated heterocycles. The van der Waals surface area contributed by atoms with Crippen molar-refractivity contribution in [3.8, 4) is 0 Å². The van der Waals surface area contributed by atoms with E-state index in [2.05, 4.69) is 5.32 Å². The first-order valence-electron chi connectivity index (χ1n) is 8.21. The number of carbonyl (C=O) groups is 2. The largest absolute Gasteiger partial charge is 0.373 e. The Bertz CT molecular complexity index is 704. The van der Waals surface area contributed by atoms with Gasteiger partial charge in [-0.05, 0) is 44.4 Å². The number of hydrogen-bond donors (Lipinski definition) is 1. The van der Waals surface area contributed by atoms with E-state index in [0.29, 0.717) is 37.4 Å². The summed E-state index contributed by atoms with van der Waals surface area (Å²) in [5.74, 6) is -1.02. The lowest BCUT2D eigenvalue weighted by atomic mass is 9.72. The summed E-state index contributed by atoms with van der Waals surface area (Å²) in [5.41, 5.74) is -0.0695. The number of nitrogens with one attached hydrogen (secondary N) is 1. The van der Waals surface area contributed by atoms with Gasteiger partial charge in [0.1, 0.15) is 11.4 Å². The summed E-state index contributed by atoms with van der Waals surface area (Å²) in [5, 5.41) is 2.75. The fourth-order valence-corrected chi connectivity index (χ4v) is 3.70. The van der Waals surface area contributed by atoms with Gasteiger partial charge in [0.05, 0.1) is 30.7 Å². The average molecular weight is 334 g/mol. The van der Waals surface area contributed by atoms with Crippen molar-refractivity contribution in [3.63, 3.8) is 0 Å². The highest BCUT2D eigenvalue weighted by atomic mass is 19.1. The molecule has 128 valence electrons. The molecule has 1 aliphatic carbocycles. The van der Waals surface area contributed by atoms with Gasteiger partial charge < -0.3 is 14.8 Å². The topological polar surface area (TPSA) is 67.9 Å². The lowest BCUT2D eigenvalue weighted by Gasteiger charge is -2.52. The van der Waals surface area contributed by atoms with Crippen LogP contribution in [-0.4, -0.2) is 42.8 Å². The van der Waals surface area contributed by atoms with Crippen LogP contribution in [0.3, 0.4) is 0 Å². The van der Waals surface area contributed by atoms with Crippen molar-refractivity contribution in [1.29, 1.82) is 0 Å². The minimum absolute atomic E-state index is 0.260. The van der Waals surface area contributed by atoms with Gasteiger partial charge in [-0.1, -0.05) is 0 Å². The van der Waals surface area contributed by atoms with E-state index < -0.39 is 23.6 Å². The Morgan fingerprint density at radius 2 is 2.08 bits per heavy atom. The Labute approximate surface area is 138 Å². The first-order valence-corrected chi connectivity index (χ1v) is 8.21. The molecule has 4 rings (SSSR count). The summed E-state index contributed by atoms with van der Waals surface area (Å²) < 4.78 is 24.7. The van der Waals surface area contributed by atoms with Crippen molar-refractivity contribution in [2.75, 3.05) is 23.4 Å². The fourth-order valence-electron chi connectivity index (χ4n) is 3.70. The summed E-state index contributed by atoms with van der Waals surface area (Å²) in [4.78, 5) is 27.4. The number of benzene rings is 1. The molecule has 7 heteroatoms. The fraction of sp³-hybridized carbons (Fsp3) is 0.529. The van der Waals surface area contributed by atoms with Gasteiger partial charge in [0.2, 0.25) is 0 Å². The van der Waals surface area contributed by atoms with E-state index in [1.165, 1.54) is 23.1 Å². The van der Waals surface area contributed by atoms with Gasteiger partial charge in [0.25, 0.3) is 11.8 Å². The molecule has 24 heavy (non-hydrogen) atoms. The second-order valence-corrected chi connectivity index (χ2v) is 6.54. The van der Waals surface area contributed by atoms with Gasteiger partial charge in [-0.15, -0.1) is 0 Å². The number of fused-ring (bicyclic) bond motifs is 1. The van der Waals surface area contributed by atoms with Gasteiger partial charge in [-0.3, -0.25) is 14.5 Å². The molecule has 0 bridgehead atoms. The molecule has 0 aromatic heterocycles. The van der Waals surface area contributed by atoms with Crippen LogP contribution in [0.5, 0.6) is 0 Å². The highest BCUT2D eigenvalue weighted by Crippen LogP contribution is 2.47. The normalized spacial score (nSPS) is 28.1. The number of hydrogen-bond acceptors (Lipinski definition) is 4. The van der Waals surface area contributed by atoms with Crippen molar-refractivity contribution >= 4 is 23.2 Å². The third-order valence-corrected chi connectivity index (χ3v) is 5.13. The summed E-state index contributed by atoms with van der Waals surface area (Å²) >= 11 is 0. The van der Waals surface area contributed by atoms with E-state index in [4.69, 9.17) is 9.47 Å². The van der Waals surface area contributed by atoms with Gasteiger partial charge in [0, 0.05) is 0 Å². The van der Waals surface area contributed by atoms with Crippen LogP contribution < -0.4 is 10.2 Å². The summed E-state index contributed by atoms with van der Waals surface area (Å²) in [6.07, 6.45) is 0.884. The van der Waals surface area contributed by atoms with Crippen LogP contribution >= 0.6 is 0 Å². The minimum Gasteiger partial charge on any atom is -0.373 e. The van der Waals surface area contributed by atoms with Crippen LogP contribution in [0.15, 0.2) is 18.2 Å². The minimum atomic E-state index is -0.900. The summed E-state index contributed by atoms with van der Waals surface area (Å²) in [7, 11) is 0. The molecular weight excluding hydrogens is 315 g/mol. The Hall–Kier alpha value is -1.99. The lowest BCUT2D eigenvalue weighted by molar-refractivity contribution is -0.162. The van der Waals surface area contributed by atoms with Crippen molar-refractivity contribution in [2.24, 2.45) is 0 Å². The molecule has 2 heterocycles. The van der Waals surface area contributed by atoms with E-state index in [1.807, 2.05) is 0 Å². The Morgan fingerprint density at radius 3 is 2.75 bits per heavy atom. The van der Waals surface area contributed by atoms with Crippen LogP contribution in [0, 0.1) is 5.82 Å². The third-order valence-electron chi connectivity index (χ3n) is 5.13. The van der Waals surface area contributed by atoms with Crippen LogP contribution in [0.25, 0.3) is 0 Å². The van der Waals surface area contributed by atoms with Crippen LogP contribution in [0.2, 0.25) is 0 Å². The number of carbonyl (C=O) groups excluding carboxylic acids is 2. The average Bonchev–Trinajstić information content (AvgIpc) is 2.51. The van der Waals surface area contributed by atoms with Crippen molar-refractivity contribution < 1.29 is 23.5 Å². The number of amides is 2. The molecular formula is C17H19FN2O4. The zero-order chi connectivity index (χ0) is 16.9. The number of rotatable bonds is 1. The number of anilines is 2. The van der Waals surface area contributed by atoms with Gasteiger partial charge >= 0.3 is 0 Å². The predicted molar refractivity (Wildman–Crippen MR) is 84.3 cm³/mol. The Morgan fingerprint density at radius 1 is 1.33 bits per heavy atom. The molecule has 1 spiro atoms. The van der Waals surface area contributed by atoms with Crippen LogP contribution in [0.4, 0.5) is 15.8 Å². The maximum Gasteiger partial charge on any atom is 0.259 e. The first kappa shape index (κ1) is 15.5. The van der Waals surface area contributed by atoms with Gasteiger partial charge in [-0.25, -0.2) is 4.39 Å². The number of nitrogens with zero attached hydrogens (tertiary/aromatic N) is 1. The van der Waals surface area contributed by atoms with Gasteiger partial charge in [0.15, 0.2) is 6.10 Å². The highest BCUT2D eigenvalue weighted by molar-refractivity contribution is 6.16. The standard InChI is InChI=1S/C17H19FN2O4/c1-10-14(24-8-7-23-10)15(21)20-13-4-3-11(18)9-12(13)19-16(22)17(20)5-2-6-17/h3-4,9-10,14H,2,5-8H2,1H3,(H,19,22)/t10-,14-/m0/s1. The number of halogens is 1. The summed E-state index contributed by atoms with van der Waals surface area (Å²) in [6, 6.07) is 4.07.